The van der Waals surface area contributed by atoms with Crippen molar-refractivity contribution in [3.63, 3.8) is 0 Å². The summed E-state index contributed by atoms with van der Waals surface area (Å²) < 4.78 is 16.5. The fraction of sp³-hybridized carbons (Fsp3) is 0.815. The van der Waals surface area contributed by atoms with Gasteiger partial charge in [0.05, 0.1) is 33.0 Å². The van der Waals surface area contributed by atoms with Crippen LogP contribution in [0.15, 0.2) is 0 Å². The highest BCUT2D eigenvalue weighted by Gasteiger charge is 2.26. The lowest BCUT2D eigenvalue weighted by Crippen LogP contribution is -2.36. The first-order chi connectivity index (χ1) is 19.6. The lowest BCUT2D eigenvalue weighted by Gasteiger charge is -2.28. The summed E-state index contributed by atoms with van der Waals surface area (Å²) >= 11 is 0. The monoisotopic (exact) mass is 589 g/mol. The molecule has 0 rings (SSSR count). The third-order valence-electron chi connectivity index (χ3n) is 5.98. The number of rotatable bonds is 28. The Bertz CT molecular complexity index is 769. The Balaban J connectivity index is 3.84. The minimum atomic E-state index is -0.612. The molecule has 0 spiro atoms. The Hall–Kier alpha value is -2.81. The summed E-state index contributed by atoms with van der Waals surface area (Å²) in [6.45, 7) is 3.70. The molecule has 0 aliphatic heterocycles. The molecule has 1 unspecified atom stereocenters. The van der Waals surface area contributed by atoms with Crippen LogP contribution in [0.1, 0.15) is 84.0 Å². The summed E-state index contributed by atoms with van der Waals surface area (Å²) in [6.07, 6.45) is 7.98. The minimum absolute atomic E-state index is 0.0298. The molecular formula is C27H51N5O9. The predicted octanol–water partition coefficient (Wildman–Crippen LogP) is 0.344. The zero-order valence-electron chi connectivity index (χ0n) is 24.5. The predicted molar refractivity (Wildman–Crippen MR) is 151 cm³/mol. The molecule has 1 atom stereocenters. The van der Waals surface area contributed by atoms with Crippen molar-refractivity contribution in [3.8, 4) is 0 Å². The number of amides is 4. The van der Waals surface area contributed by atoms with Gasteiger partial charge in [-0.2, -0.15) is 5.90 Å². The maximum Gasteiger partial charge on any atom is 0.324 e. The van der Waals surface area contributed by atoms with Crippen LogP contribution in [-0.4, -0.2) is 82.3 Å². The summed E-state index contributed by atoms with van der Waals surface area (Å²) in [7, 11) is 0. The van der Waals surface area contributed by atoms with Gasteiger partial charge in [0.15, 0.2) is 0 Å². The molecule has 0 aromatic carbocycles. The molecule has 41 heavy (non-hydrogen) atoms. The van der Waals surface area contributed by atoms with Gasteiger partial charge in [-0.3, -0.25) is 24.0 Å². The summed E-state index contributed by atoms with van der Waals surface area (Å²) in [5.41, 5.74) is 9.61. The number of unbranched alkanes of at least 4 members (excludes halogenated alkanes) is 6. The van der Waals surface area contributed by atoms with E-state index in [0.717, 1.165) is 51.4 Å². The molecule has 0 aliphatic carbocycles. The molecule has 0 saturated heterocycles. The van der Waals surface area contributed by atoms with Crippen LogP contribution < -0.4 is 28.0 Å². The molecule has 0 fully saturated rings. The lowest BCUT2D eigenvalue weighted by atomic mass is 9.94. The van der Waals surface area contributed by atoms with Crippen molar-refractivity contribution in [2.75, 3.05) is 52.7 Å². The van der Waals surface area contributed by atoms with E-state index >= 15 is 0 Å². The maximum atomic E-state index is 12.1. The van der Waals surface area contributed by atoms with E-state index in [1.165, 1.54) is 0 Å². The number of primary amides is 2. The highest BCUT2D eigenvalue weighted by molar-refractivity contribution is 5.76. The largest absolute Gasteiger partial charge is 0.380 e. The Kier molecular flexibility index (Phi) is 23.2. The zero-order chi connectivity index (χ0) is 30.8. The standard InChI is InChI=1S/C27H51N5O9/c1-27(21-40-18-23(29)34,19-38-16-12-22(28)33)20-39-17-13-25(36)32-15-9-5-6-10-24(35)31-14-8-4-2-3-7-11-26(37)41-30/h2-21,30H2,1H3,(H2,28,33)(H2,29,34)(H,31,35)(H,32,36). The first-order valence-corrected chi connectivity index (χ1v) is 14.3. The van der Waals surface area contributed by atoms with Gasteiger partial charge >= 0.3 is 5.97 Å². The minimum Gasteiger partial charge on any atom is -0.380 e. The van der Waals surface area contributed by atoms with Crippen LogP contribution in [0.4, 0.5) is 0 Å². The van der Waals surface area contributed by atoms with Crippen LogP contribution in [0, 0.1) is 5.41 Å². The van der Waals surface area contributed by atoms with Crippen LogP contribution in [0.3, 0.4) is 0 Å². The SMILES string of the molecule is CC(COCCC(N)=O)(COCCC(=O)NCCCCCC(=O)NCCCCCCCC(=O)ON)COCC(N)=O. The summed E-state index contributed by atoms with van der Waals surface area (Å²) in [5, 5.41) is 5.76. The first kappa shape index (κ1) is 38.2. The first-order valence-electron chi connectivity index (χ1n) is 14.3. The van der Waals surface area contributed by atoms with Crippen LogP contribution >= 0.6 is 0 Å². The molecule has 14 nitrogen and oxygen atoms in total. The highest BCUT2D eigenvalue weighted by Crippen LogP contribution is 2.19. The molecule has 238 valence electrons. The summed E-state index contributed by atoms with van der Waals surface area (Å²) in [4.78, 5) is 60.8. The lowest BCUT2D eigenvalue weighted by molar-refractivity contribution is -0.144. The molecule has 4 amide bonds. The van der Waals surface area contributed by atoms with Gasteiger partial charge in [0.2, 0.25) is 23.6 Å². The van der Waals surface area contributed by atoms with Gasteiger partial charge in [-0.25, -0.2) is 0 Å². The summed E-state index contributed by atoms with van der Waals surface area (Å²) in [5.74, 6) is 3.23. The van der Waals surface area contributed by atoms with Gasteiger partial charge in [-0.1, -0.05) is 32.6 Å². The van der Waals surface area contributed by atoms with Crippen molar-refractivity contribution in [1.29, 1.82) is 0 Å². The Morgan fingerprint density at radius 3 is 1.68 bits per heavy atom. The van der Waals surface area contributed by atoms with E-state index in [-0.39, 0.29) is 64.3 Å². The van der Waals surface area contributed by atoms with Crippen molar-refractivity contribution in [2.45, 2.75) is 84.0 Å². The molecule has 0 aliphatic rings. The molecule has 0 bridgehead atoms. The number of carbonyl (C=O) groups is 5. The van der Waals surface area contributed by atoms with E-state index in [1.54, 1.807) is 0 Å². The highest BCUT2D eigenvalue weighted by atomic mass is 16.7. The van der Waals surface area contributed by atoms with Gasteiger partial charge in [0, 0.05) is 44.2 Å². The van der Waals surface area contributed by atoms with Crippen molar-refractivity contribution < 1.29 is 43.0 Å². The number of hydrogen-bond acceptors (Lipinski definition) is 10. The smallest absolute Gasteiger partial charge is 0.324 e. The third-order valence-corrected chi connectivity index (χ3v) is 5.98. The van der Waals surface area contributed by atoms with Crippen LogP contribution in [-0.2, 0) is 43.0 Å². The quantitative estimate of drug-likeness (QED) is 0.0621. The second-order valence-electron chi connectivity index (χ2n) is 10.4. The van der Waals surface area contributed by atoms with Crippen molar-refractivity contribution >= 4 is 29.6 Å². The normalized spacial score (nSPS) is 12.3. The third kappa shape index (κ3) is 25.9. The average Bonchev–Trinajstić information content (AvgIpc) is 2.92. The van der Waals surface area contributed by atoms with E-state index < -0.39 is 23.2 Å². The van der Waals surface area contributed by atoms with Crippen LogP contribution in [0.25, 0.3) is 0 Å². The van der Waals surface area contributed by atoms with E-state index in [1.807, 2.05) is 6.92 Å². The van der Waals surface area contributed by atoms with E-state index in [2.05, 4.69) is 15.5 Å². The second-order valence-corrected chi connectivity index (χ2v) is 10.4. The number of carbonyl (C=O) groups excluding carboxylic acids is 5. The molecule has 0 aromatic rings. The Labute approximate surface area is 243 Å². The van der Waals surface area contributed by atoms with Crippen molar-refractivity contribution in [1.82, 2.24) is 10.6 Å². The van der Waals surface area contributed by atoms with Crippen LogP contribution in [0.2, 0.25) is 0 Å². The molecule has 8 N–H and O–H groups in total. The van der Waals surface area contributed by atoms with Gasteiger partial charge in [0.25, 0.3) is 0 Å². The fourth-order valence-electron chi connectivity index (χ4n) is 3.70. The summed E-state index contributed by atoms with van der Waals surface area (Å²) in [6, 6.07) is 0. The maximum absolute atomic E-state index is 12.1. The molecule has 0 aromatic heterocycles. The molecule has 0 radical (unpaired) electrons. The molecule has 0 heterocycles. The van der Waals surface area contributed by atoms with Gasteiger partial charge in [-0.05, 0) is 25.7 Å². The topological polar surface area (TPSA) is 224 Å². The number of nitrogens with one attached hydrogen (secondary N) is 2. The van der Waals surface area contributed by atoms with Crippen LogP contribution in [0.5, 0.6) is 0 Å². The Morgan fingerprint density at radius 1 is 0.610 bits per heavy atom. The number of hydrogen-bond donors (Lipinski definition) is 5. The Morgan fingerprint density at radius 2 is 1.10 bits per heavy atom. The van der Waals surface area contributed by atoms with E-state index in [9.17, 15) is 24.0 Å². The number of ether oxygens (including phenoxy) is 3. The molecule has 14 heteroatoms. The van der Waals surface area contributed by atoms with E-state index in [0.29, 0.717) is 25.9 Å². The van der Waals surface area contributed by atoms with E-state index in [4.69, 9.17) is 31.6 Å². The zero-order valence-corrected chi connectivity index (χ0v) is 24.5. The number of nitrogens with two attached hydrogens (primary N) is 3. The van der Waals surface area contributed by atoms with Crippen molar-refractivity contribution in [2.24, 2.45) is 22.8 Å². The van der Waals surface area contributed by atoms with Gasteiger partial charge < -0.3 is 41.1 Å². The second kappa shape index (κ2) is 24.9. The van der Waals surface area contributed by atoms with Gasteiger partial charge in [-0.15, -0.1) is 0 Å². The fourth-order valence-corrected chi connectivity index (χ4v) is 3.70. The van der Waals surface area contributed by atoms with Gasteiger partial charge in [0.1, 0.15) is 6.61 Å². The molecular weight excluding hydrogens is 538 g/mol. The molecule has 0 saturated carbocycles. The van der Waals surface area contributed by atoms with Crippen molar-refractivity contribution in [3.05, 3.63) is 0 Å². The average molecular weight is 590 g/mol.